The Bertz CT molecular complexity index is 569. The molecule has 0 radical (unpaired) electrons. The van der Waals surface area contributed by atoms with Gasteiger partial charge in [-0.05, 0) is 29.8 Å². The predicted molar refractivity (Wildman–Crippen MR) is 71.7 cm³/mol. The second-order valence-electron chi connectivity index (χ2n) is 3.98. The van der Waals surface area contributed by atoms with Gasteiger partial charge in [-0.25, -0.2) is 8.78 Å². The van der Waals surface area contributed by atoms with Gasteiger partial charge in [-0.3, -0.25) is 0 Å². The van der Waals surface area contributed by atoms with Gasteiger partial charge in [0.25, 0.3) is 0 Å². The summed E-state index contributed by atoms with van der Waals surface area (Å²) in [5, 5.41) is 3.55. The van der Waals surface area contributed by atoms with Crippen LogP contribution in [0, 0.1) is 11.6 Å². The molecule has 0 spiro atoms. The number of benzene rings is 2. The molecule has 19 heavy (non-hydrogen) atoms. The highest BCUT2D eigenvalue weighted by Gasteiger charge is 2.03. The molecule has 0 aliphatic carbocycles. The minimum Gasteiger partial charge on any atom is -0.495 e. The second-order valence-corrected chi connectivity index (χ2v) is 4.39. The summed E-state index contributed by atoms with van der Waals surface area (Å²) in [7, 11) is 1.52. The first-order valence-corrected chi connectivity index (χ1v) is 5.98. The van der Waals surface area contributed by atoms with Crippen LogP contribution in [0.1, 0.15) is 5.56 Å². The number of methoxy groups -OCH3 is 1. The number of rotatable bonds is 4. The van der Waals surface area contributed by atoms with E-state index >= 15 is 0 Å². The molecule has 100 valence electrons. The maximum Gasteiger partial charge on any atom is 0.139 e. The van der Waals surface area contributed by atoms with Gasteiger partial charge in [-0.2, -0.15) is 0 Å². The molecule has 0 fully saturated rings. The van der Waals surface area contributed by atoms with Gasteiger partial charge in [0.15, 0.2) is 0 Å². The zero-order valence-corrected chi connectivity index (χ0v) is 11.0. The van der Waals surface area contributed by atoms with E-state index in [4.69, 9.17) is 16.3 Å². The number of hydrogen-bond acceptors (Lipinski definition) is 2. The SMILES string of the molecule is COc1cc(NCc2cc(F)cc(F)c2)ccc1Cl. The number of hydrogen-bond donors (Lipinski definition) is 1. The van der Waals surface area contributed by atoms with Crippen LogP contribution in [0.25, 0.3) is 0 Å². The fraction of sp³-hybridized carbons (Fsp3) is 0.143. The Morgan fingerprint density at radius 3 is 2.42 bits per heavy atom. The Balaban J connectivity index is 2.10. The standard InChI is InChI=1S/C14H12ClF2NO/c1-19-14-7-12(2-3-13(14)15)18-8-9-4-10(16)6-11(17)5-9/h2-7,18H,8H2,1H3. The van der Waals surface area contributed by atoms with E-state index in [9.17, 15) is 8.78 Å². The van der Waals surface area contributed by atoms with Gasteiger partial charge in [0, 0.05) is 24.4 Å². The lowest BCUT2D eigenvalue weighted by atomic mass is 10.2. The molecule has 2 aromatic carbocycles. The van der Waals surface area contributed by atoms with Crippen LogP contribution in [0.5, 0.6) is 5.75 Å². The van der Waals surface area contributed by atoms with Crippen molar-refractivity contribution < 1.29 is 13.5 Å². The van der Waals surface area contributed by atoms with Crippen molar-refractivity contribution >= 4 is 17.3 Å². The minimum absolute atomic E-state index is 0.305. The largest absolute Gasteiger partial charge is 0.495 e. The van der Waals surface area contributed by atoms with Crippen molar-refractivity contribution in [2.24, 2.45) is 0 Å². The Labute approximate surface area is 115 Å². The van der Waals surface area contributed by atoms with E-state index in [0.29, 0.717) is 22.9 Å². The number of anilines is 1. The molecule has 0 saturated carbocycles. The Kier molecular flexibility index (Phi) is 4.22. The molecular weight excluding hydrogens is 272 g/mol. The molecular formula is C14H12ClF2NO. The van der Waals surface area contributed by atoms with Crippen molar-refractivity contribution in [3.8, 4) is 5.75 Å². The van der Waals surface area contributed by atoms with Crippen molar-refractivity contribution in [2.45, 2.75) is 6.54 Å². The van der Waals surface area contributed by atoms with Crippen molar-refractivity contribution in [1.29, 1.82) is 0 Å². The molecule has 5 heteroatoms. The first-order chi connectivity index (χ1) is 9.08. The van der Waals surface area contributed by atoms with Crippen molar-refractivity contribution in [3.05, 3.63) is 58.6 Å². The molecule has 0 atom stereocenters. The van der Waals surface area contributed by atoms with Crippen LogP contribution >= 0.6 is 11.6 Å². The molecule has 0 heterocycles. The molecule has 0 aliphatic heterocycles. The van der Waals surface area contributed by atoms with Gasteiger partial charge in [-0.15, -0.1) is 0 Å². The van der Waals surface area contributed by atoms with E-state index in [1.807, 2.05) is 0 Å². The van der Waals surface area contributed by atoms with E-state index in [2.05, 4.69) is 5.32 Å². The lowest BCUT2D eigenvalue weighted by molar-refractivity contribution is 0.415. The smallest absolute Gasteiger partial charge is 0.139 e. The highest BCUT2D eigenvalue weighted by Crippen LogP contribution is 2.27. The van der Waals surface area contributed by atoms with Crippen molar-refractivity contribution in [3.63, 3.8) is 0 Å². The average molecular weight is 284 g/mol. The van der Waals surface area contributed by atoms with Crippen molar-refractivity contribution in [1.82, 2.24) is 0 Å². The molecule has 2 rings (SSSR count). The van der Waals surface area contributed by atoms with Crippen LogP contribution in [0.3, 0.4) is 0 Å². The zero-order valence-electron chi connectivity index (χ0n) is 10.2. The maximum atomic E-state index is 13.0. The normalized spacial score (nSPS) is 10.3. The molecule has 0 aliphatic rings. The molecule has 1 N–H and O–H groups in total. The zero-order chi connectivity index (χ0) is 13.8. The van der Waals surface area contributed by atoms with Crippen LogP contribution < -0.4 is 10.1 Å². The van der Waals surface area contributed by atoms with Gasteiger partial charge in [-0.1, -0.05) is 11.6 Å². The monoisotopic (exact) mass is 283 g/mol. The lowest BCUT2D eigenvalue weighted by Gasteiger charge is -2.09. The van der Waals surface area contributed by atoms with Gasteiger partial charge >= 0.3 is 0 Å². The van der Waals surface area contributed by atoms with Gasteiger partial charge in [0.1, 0.15) is 17.4 Å². The number of nitrogens with one attached hydrogen (secondary N) is 1. The predicted octanol–water partition coefficient (Wildman–Crippen LogP) is 4.24. The Hall–Kier alpha value is -1.81. The molecule has 0 bridgehead atoms. The van der Waals surface area contributed by atoms with Gasteiger partial charge < -0.3 is 10.1 Å². The van der Waals surface area contributed by atoms with E-state index < -0.39 is 11.6 Å². The fourth-order valence-corrected chi connectivity index (χ4v) is 1.88. The van der Waals surface area contributed by atoms with E-state index in [1.165, 1.54) is 19.2 Å². The summed E-state index contributed by atoms with van der Waals surface area (Å²) in [5.74, 6) is -0.645. The summed E-state index contributed by atoms with van der Waals surface area (Å²) in [6.45, 7) is 0.305. The van der Waals surface area contributed by atoms with E-state index in [-0.39, 0.29) is 0 Å². The molecule has 0 aromatic heterocycles. The third-order valence-electron chi connectivity index (χ3n) is 2.57. The Morgan fingerprint density at radius 1 is 1.11 bits per heavy atom. The summed E-state index contributed by atoms with van der Waals surface area (Å²) >= 11 is 5.90. The summed E-state index contributed by atoms with van der Waals surface area (Å²) in [5.41, 5.74) is 1.28. The van der Waals surface area contributed by atoms with Crippen LogP contribution in [0.2, 0.25) is 5.02 Å². The summed E-state index contributed by atoms with van der Waals surface area (Å²) < 4.78 is 31.1. The van der Waals surface area contributed by atoms with Crippen LogP contribution in [-0.4, -0.2) is 7.11 Å². The highest BCUT2D eigenvalue weighted by atomic mass is 35.5. The van der Waals surface area contributed by atoms with Gasteiger partial charge in [0.05, 0.1) is 12.1 Å². The fourth-order valence-electron chi connectivity index (χ4n) is 1.69. The topological polar surface area (TPSA) is 21.3 Å². The first kappa shape index (κ1) is 13.6. The third-order valence-corrected chi connectivity index (χ3v) is 2.88. The quantitative estimate of drug-likeness (QED) is 0.906. The maximum absolute atomic E-state index is 13.0. The first-order valence-electron chi connectivity index (χ1n) is 5.61. The summed E-state index contributed by atoms with van der Waals surface area (Å²) in [6, 6.07) is 8.58. The Morgan fingerprint density at radius 2 is 1.79 bits per heavy atom. The third kappa shape index (κ3) is 3.58. The number of ether oxygens (including phenoxy) is 1. The minimum atomic E-state index is -0.592. The molecule has 0 amide bonds. The lowest BCUT2D eigenvalue weighted by Crippen LogP contribution is -2.01. The van der Waals surface area contributed by atoms with Crippen LogP contribution in [0.4, 0.5) is 14.5 Å². The van der Waals surface area contributed by atoms with Crippen LogP contribution in [0.15, 0.2) is 36.4 Å². The molecule has 0 saturated heterocycles. The summed E-state index contributed by atoms with van der Waals surface area (Å²) in [6.07, 6.45) is 0. The van der Waals surface area contributed by atoms with Crippen molar-refractivity contribution in [2.75, 3.05) is 12.4 Å². The molecule has 0 unspecified atom stereocenters. The molecule has 2 nitrogen and oxygen atoms in total. The second kappa shape index (κ2) is 5.89. The van der Waals surface area contributed by atoms with E-state index in [0.717, 1.165) is 11.8 Å². The highest BCUT2D eigenvalue weighted by molar-refractivity contribution is 6.32. The van der Waals surface area contributed by atoms with Crippen LogP contribution in [-0.2, 0) is 6.54 Å². The summed E-state index contributed by atoms with van der Waals surface area (Å²) in [4.78, 5) is 0. The average Bonchev–Trinajstić information content (AvgIpc) is 2.36. The van der Waals surface area contributed by atoms with E-state index in [1.54, 1.807) is 18.2 Å². The van der Waals surface area contributed by atoms with Gasteiger partial charge in [0.2, 0.25) is 0 Å². The number of halogens is 3. The molecule has 2 aromatic rings.